The van der Waals surface area contributed by atoms with E-state index in [0.717, 1.165) is 6.04 Å². The fourth-order valence-corrected chi connectivity index (χ4v) is 0. The molecule has 2 heteroatoms. The van der Waals surface area contributed by atoms with E-state index in [1.165, 1.54) is 0 Å². The molecule has 0 nitrogen and oxygen atoms in total. The Labute approximate surface area is 40.9 Å². The van der Waals surface area contributed by atoms with Gasteiger partial charge in [0.2, 0.25) is 0 Å². The third-order valence-electron chi connectivity index (χ3n) is 0. The molecule has 0 spiro atoms. The minimum absolute atomic E-state index is 0. The molecule has 0 heterocycles. The number of hydrogen-bond donors (Lipinski definition) is 0. The maximum Gasteiger partial charge on any atom is 1.00 e. The monoisotopic (exact) mass is 120 g/mol. The molecule has 0 aliphatic carbocycles. The molecule has 0 aromatic carbocycles. The third-order valence-corrected chi connectivity index (χ3v) is 0. The van der Waals surface area contributed by atoms with Gasteiger partial charge in [0.1, 0.15) is 0 Å². The summed E-state index contributed by atoms with van der Waals surface area (Å²) in [6.45, 7) is 2.04. The Morgan fingerprint density at radius 3 is 1.75 bits per heavy atom. The van der Waals surface area contributed by atoms with Crippen LogP contribution in [0.15, 0.2) is 0 Å². The average molecular weight is 121 g/mol. The van der Waals surface area contributed by atoms with Crippen LogP contribution in [-0.2, 0) is 17.1 Å². The van der Waals surface area contributed by atoms with Crippen LogP contribution in [0.5, 0.6) is 0 Å². The first kappa shape index (κ1) is 8.83. The van der Waals surface area contributed by atoms with Crippen molar-refractivity contribution in [2.75, 3.05) is 0 Å². The van der Waals surface area contributed by atoms with Gasteiger partial charge in [0.15, 0.2) is 0 Å². The predicted molar refractivity (Wildman–Crippen MR) is 16.2 cm³/mol. The molecule has 0 fully saturated rings. The van der Waals surface area contributed by atoms with Gasteiger partial charge in [0.25, 0.3) is 0 Å². The van der Waals surface area contributed by atoms with E-state index in [2.05, 4.69) is 10.2 Å². The molecule has 0 atom stereocenters. The first-order valence-corrected chi connectivity index (χ1v) is 1.77. The zero-order valence-corrected chi connectivity index (χ0v) is 4.45. The summed E-state index contributed by atoms with van der Waals surface area (Å²) in [7, 11) is 3.18. The molecule has 0 aliphatic heterocycles. The van der Waals surface area contributed by atoms with Gasteiger partial charge in [-0.1, -0.05) is 13.0 Å². The Morgan fingerprint density at radius 1 is 1.75 bits per heavy atom. The topological polar surface area (TPSA) is 0 Å². The zero-order valence-electron chi connectivity index (χ0n) is 2.51. The van der Waals surface area contributed by atoms with Gasteiger partial charge < -0.3 is 0 Å². The van der Waals surface area contributed by atoms with Gasteiger partial charge in [-0.3, -0.25) is 0 Å². The largest absolute Gasteiger partial charge is 1.00 e. The molecule has 3 radical (unpaired) electrons. The van der Waals surface area contributed by atoms with Crippen molar-refractivity contribution in [1.29, 1.82) is 0 Å². The Morgan fingerprint density at radius 2 is 1.75 bits per heavy atom. The summed E-state index contributed by atoms with van der Waals surface area (Å²) in [5.74, 6) is 0. The molecule has 0 saturated heterocycles. The molecule has 0 amide bonds. The second kappa shape index (κ2) is 9.28. The summed E-state index contributed by atoms with van der Waals surface area (Å²) in [5.41, 5.74) is 0. The normalized spacial score (nSPS) is 4.50. The van der Waals surface area contributed by atoms with Crippen molar-refractivity contribution in [1.82, 2.24) is 0 Å². The Bertz CT molecular complexity index is 6.00. The standard InChI is InChI=1S/C2H5Si.Cu/c1-2-3;/h2H2,1H3;/q;+1. The molecule has 0 aromatic heterocycles. The predicted octanol–water partition coefficient (Wildman–Crippen LogP) is 0.591. The van der Waals surface area contributed by atoms with Crippen LogP contribution >= 0.6 is 0 Å². The summed E-state index contributed by atoms with van der Waals surface area (Å²) in [6.07, 6.45) is 0. The number of rotatable bonds is 0. The van der Waals surface area contributed by atoms with E-state index in [0.29, 0.717) is 0 Å². The minimum Gasteiger partial charge on any atom is -0.0684 e. The van der Waals surface area contributed by atoms with Crippen molar-refractivity contribution in [2.45, 2.75) is 13.0 Å². The Balaban J connectivity index is 0. The van der Waals surface area contributed by atoms with Crippen LogP contribution < -0.4 is 0 Å². The van der Waals surface area contributed by atoms with E-state index < -0.39 is 0 Å². The molecule has 0 unspecified atom stereocenters. The second-order valence-corrected chi connectivity index (χ2v) is 1.06. The summed E-state index contributed by atoms with van der Waals surface area (Å²) < 4.78 is 0. The quantitative estimate of drug-likeness (QED) is 0.411. The van der Waals surface area contributed by atoms with E-state index >= 15 is 0 Å². The van der Waals surface area contributed by atoms with Gasteiger partial charge in [-0.2, -0.15) is 0 Å². The van der Waals surface area contributed by atoms with Gasteiger partial charge >= 0.3 is 17.1 Å². The molecule has 0 N–H and O–H groups in total. The second-order valence-electron chi connectivity index (χ2n) is 0.354. The van der Waals surface area contributed by atoms with Crippen LogP contribution in [0.3, 0.4) is 0 Å². The molecule has 0 aromatic rings. The fourth-order valence-electron chi connectivity index (χ4n) is 0. The van der Waals surface area contributed by atoms with Gasteiger partial charge in [-0.05, 0) is 0 Å². The molecular weight excluding hydrogens is 116 g/mol. The van der Waals surface area contributed by atoms with Crippen molar-refractivity contribution >= 4 is 10.2 Å². The Hall–Kier alpha value is 0.736. The summed E-state index contributed by atoms with van der Waals surface area (Å²) in [6, 6.07) is 1.06. The van der Waals surface area contributed by atoms with Crippen molar-refractivity contribution in [3.8, 4) is 0 Å². The minimum atomic E-state index is 0. The van der Waals surface area contributed by atoms with Crippen LogP contribution in [-0.4, -0.2) is 10.2 Å². The smallest absolute Gasteiger partial charge is 0.0684 e. The SMILES string of the molecule is CC[Si].[Cu+]. The van der Waals surface area contributed by atoms with Crippen LogP contribution in [0.1, 0.15) is 6.92 Å². The molecule has 0 aliphatic rings. The van der Waals surface area contributed by atoms with Crippen LogP contribution in [0.2, 0.25) is 6.04 Å². The van der Waals surface area contributed by atoms with Gasteiger partial charge in [-0.15, -0.1) is 0 Å². The maximum absolute atomic E-state index is 3.18. The van der Waals surface area contributed by atoms with Gasteiger partial charge in [-0.25, -0.2) is 0 Å². The molecule has 4 heavy (non-hydrogen) atoms. The van der Waals surface area contributed by atoms with E-state index in [-0.39, 0.29) is 17.1 Å². The summed E-state index contributed by atoms with van der Waals surface area (Å²) >= 11 is 0. The summed E-state index contributed by atoms with van der Waals surface area (Å²) in [4.78, 5) is 0. The van der Waals surface area contributed by atoms with Gasteiger partial charge in [0, 0.05) is 10.2 Å². The maximum atomic E-state index is 3.18. The first-order chi connectivity index (χ1) is 1.41. The van der Waals surface area contributed by atoms with Crippen molar-refractivity contribution in [2.24, 2.45) is 0 Å². The average Bonchev–Trinajstić information content (AvgIpc) is 0.918. The van der Waals surface area contributed by atoms with Crippen molar-refractivity contribution in [3.05, 3.63) is 0 Å². The van der Waals surface area contributed by atoms with Crippen LogP contribution in [0.25, 0.3) is 0 Å². The van der Waals surface area contributed by atoms with E-state index in [1.807, 2.05) is 6.92 Å². The molecule has 0 saturated carbocycles. The van der Waals surface area contributed by atoms with Crippen LogP contribution in [0.4, 0.5) is 0 Å². The van der Waals surface area contributed by atoms with Gasteiger partial charge in [0.05, 0.1) is 0 Å². The first-order valence-electron chi connectivity index (χ1n) is 1.06. The summed E-state index contributed by atoms with van der Waals surface area (Å²) in [5, 5.41) is 0. The van der Waals surface area contributed by atoms with Crippen molar-refractivity contribution < 1.29 is 17.1 Å². The number of hydrogen-bond acceptors (Lipinski definition) is 0. The fraction of sp³-hybridized carbons (Fsp3) is 1.00. The Kier molecular flexibility index (Phi) is 20.5. The third kappa shape index (κ3) is 15.2. The van der Waals surface area contributed by atoms with E-state index in [4.69, 9.17) is 0 Å². The molecule has 0 bridgehead atoms. The van der Waals surface area contributed by atoms with E-state index in [9.17, 15) is 0 Å². The van der Waals surface area contributed by atoms with Crippen molar-refractivity contribution in [3.63, 3.8) is 0 Å². The molecular formula is C2H5CuSi+. The zero-order chi connectivity index (χ0) is 2.71. The molecule has 27 valence electrons. The van der Waals surface area contributed by atoms with E-state index in [1.54, 1.807) is 0 Å². The van der Waals surface area contributed by atoms with Crippen LogP contribution in [0, 0.1) is 0 Å². The molecule has 0 rings (SSSR count).